The van der Waals surface area contributed by atoms with Gasteiger partial charge in [0, 0.05) is 35.3 Å². The van der Waals surface area contributed by atoms with Crippen LogP contribution in [-0.2, 0) is 12.8 Å². The van der Waals surface area contributed by atoms with Crippen molar-refractivity contribution in [3.8, 4) is 0 Å². The molecule has 2 rings (SSSR count). The van der Waals surface area contributed by atoms with Crippen molar-refractivity contribution < 1.29 is 0 Å². The van der Waals surface area contributed by atoms with Crippen molar-refractivity contribution in [1.29, 1.82) is 0 Å². The second-order valence-corrected chi connectivity index (χ2v) is 6.18. The number of nitrogens with zero attached hydrogens (tertiary/aromatic N) is 2. The van der Waals surface area contributed by atoms with Gasteiger partial charge in [-0.15, -0.1) is 0 Å². The zero-order valence-electron chi connectivity index (χ0n) is 12.4. The summed E-state index contributed by atoms with van der Waals surface area (Å²) in [7, 11) is 0. The van der Waals surface area contributed by atoms with Gasteiger partial charge in [0.05, 0.1) is 0 Å². The van der Waals surface area contributed by atoms with E-state index in [4.69, 9.17) is 0 Å². The first-order chi connectivity index (χ1) is 10.3. The lowest BCUT2D eigenvalue weighted by Crippen LogP contribution is -2.32. The van der Waals surface area contributed by atoms with Crippen LogP contribution in [0.1, 0.15) is 30.9 Å². The molecule has 1 atom stereocenters. The minimum Gasteiger partial charge on any atom is -0.314 e. The highest BCUT2D eigenvalue weighted by molar-refractivity contribution is 9.10. The summed E-state index contributed by atoms with van der Waals surface area (Å²) < 4.78 is 1.04. The van der Waals surface area contributed by atoms with Gasteiger partial charge in [-0.2, -0.15) is 0 Å². The number of rotatable bonds is 8. The highest BCUT2D eigenvalue weighted by Gasteiger charge is 2.10. The Bertz CT molecular complexity index is 531. The number of hydrogen-bond donors (Lipinski definition) is 1. The van der Waals surface area contributed by atoms with Gasteiger partial charge in [-0.1, -0.05) is 6.92 Å². The third kappa shape index (κ3) is 5.94. The molecular formula is C17H22BrN3. The normalized spacial score (nSPS) is 12.3. The zero-order chi connectivity index (χ0) is 14.9. The molecule has 0 saturated carbocycles. The van der Waals surface area contributed by atoms with E-state index < -0.39 is 0 Å². The Kier molecular flexibility index (Phi) is 6.83. The maximum absolute atomic E-state index is 4.25. The van der Waals surface area contributed by atoms with Crippen molar-refractivity contribution in [2.75, 3.05) is 6.54 Å². The van der Waals surface area contributed by atoms with Crippen molar-refractivity contribution in [1.82, 2.24) is 15.3 Å². The van der Waals surface area contributed by atoms with Crippen molar-refractivity contribution in [3.63, 3.8) is 0 Å². The maximum Gasteiger partial charge on any atom is 0.0410 e. The standard InChI is InChI=1S/C17H22BrN3/c1-2-7-21-17(4-3-14-5-8-19-9-6-14)11-15-10-16(18)13-20-12-15/h5-6,8-10,12-13,17,21H,2-4,7,11H2,1H3. The predicted octanol–water partition coefficient (Wildman–Crippen LogP) is 3.78. The Morgan fingerprint density at radius 1 is 1.14 bits per heavy atom. The summed E-state index contributed by atoms with van der Waals surface area (Å²) in [4.78, 5) is 8.32. The average molecular weight is 348 g/mol. The Hall–Kier alpha value is -1.26. The Morgan fingerprint density at radius 2 is 1.95 bits per heavy atom. The number of halogens is 1. The molecular weight excluding hydrogens is 326 g/mol. The van der Waals surface area contributed by atoms with Gasteiger partial charge in [-0.3, -0.25) is 9.97 Å². The zero-order valence-corrected chi connectivity index (χ0v) is 14.0. The van der Waals surface area contributed by atoms with E-state index in [9.17, 15) is 0 Å². The second kappa shape index (κ2) is 8.90. The minimum atomic E-state index is 0.481. The Labute approximate surface area is 135 Å². The van der Waals surface area contributed by atoms with E-state index >= 15 is 0 Å². The van der Waals surface area contributed by atoms with Gasteiger partial charge in [0.1, 0.15) is 0 Å². The summed E-state index contributed by atoms with van der Waals surface area (Å²) in [6.45, 7) is 3.26. The minimum absolute atomic E-state index is 0.481. The van der Waals surface area contributed by atoms with Gasteiger partial charge in [0.15, 0.2) is 0 Å². The van der Waals surface area contributed by atoms with E-state index in [1.165, 1.54) is 11.1 Å². The molecule has 112 valence electrons. The van der Waals surface area contributed by atoms with Crippen LogP contribution in [0.25, 0.3) is 0 Å². The lowest BCUT2D eigenvalue weighted by molar-refractivity contribution is 0.477. The molecule has 4 heteroatoms. The van der Waals surface area contributed by atoms with Crippen LogP contribution < -0.4 is 5.32 Å². The van der Waals surface area contributed by atoms with Crippen LogP contribution in [0.3, 0.4) is 0 Å². The van der Waals surface area contributed by atoms with Crippen LogP contribution in [0, 0.1) is 0 Å². The Balaban J connectivity index is 1.94. The van der Waals surface area contributed by atoms with Crippen molar-refractivity contribution in [2.24, 2.45) is 0 Å². The van der Waals surface area contributed by atoms with Gasteiger partial charge in [-0.05, 0) is 77.5 Å². The summed E-state index contributed by atoms with van der Waals surface area (Å²) in [6.07, 6.45) is 11.9. The third-order valence-corrected chi connectivity index (χ3v) is 3.89. The van der Waals surface area contributed by atoms with Crippen LogP contribution in [-0.4, -0.2) is 22.6 Å². The molecule has 0 aliphatic heterocycles. The molecule has 2 heterocycles. The van der Waals surface area contributed by atoms with E-state index in [2.05, 4.69) is 56.3 Å². The lowest BCUT2D eigenvalue weighted by Gasteiger charge is -2.18. The van der Waals surface area contributed by atoms with Crippen LogP contribution in [0.15, 0.2) is 47.5 Å². The Morgan fingerprint density at radius 3 is 2.67 bits per heavy atom. The summed E-state index contributed by atoms with van der Waals surface area (Å²) >= 11 is 3.49. The fourth-order valence-electron chi connectivity index (χ4n) is 2.37. The largest absolute Gasteiger partial charge is 0.314 e. The second-order valence-electron chi connectivity index (χ2n) is 5.26. The maximum atomic E-state index is 4.25. The molecule has 0 bridgehead atoms. The van der Waals surface area contributed by atoms with Gasteiger partial charge >= 0.3 is 0 Å². The van der Waals surface area contributed by atoms with E-state index in [0.717, 1.165) is 36.7 Å². The highest BCUT2D eigenvalue weighted by Crippen LogP contribution is 2.13. The van der Waals surface area contributed by atoms with E-state index in [1.807, 2.05) is 24.8 Å². The van der Waals surface area contributed by atoms with E-state index in [1.54, 1.807) is 0 Å². The molecule has 0 radical (unpaired) electrons. The summed E-state index contributed by atoms with van der Waals surface area (Å²) in [6, 6.07) is 6.82. The molecule has 1 N–H and O–H groups in total. The molecule has 0 fully saturated rings. The number of nitrogens with one attached hydrogen (secondary N) is 1. The van der Waals surface area contributed by atoms with E-state index in [-0.39, 0.29) is 0 Å². The molecule has 0 spiro atoms. The topological polar surface area (TPSA) is 37.8 Å². The van der Waals surface area contributed by atoms with Gasteiger partial charge < -0.3 is 5.32 Å². The smallest absolute Gasteiger partial charge is 0.0410 e. The van der Waals surface area contributed by atoms with Crippen molar-refractivity contribution in [2.45, 2.75) is 38.6 Å². The third-order valence-electron chi connectivity index (χ3n) is 3.46. The summed E-state index contributed by atoms with van der Waals surface area (Å²) in [5.41, 5.74) is 2.62. The number of aryl methyl sites for hydroxylation is 1. The molecule has 0 aliphatic carbocycles. The molecule has 21 heavy (non-hydrogen) atoms. The van der Waals surface area contributed by atoms with Crippen molar-refractivity contribution in [3.05, 3.63) is 58.6 Å². The van der Waals surface area contributed by atoms with Gasteiger partial charge in [-0.25, -0.2) is 0 Å². The SMILES string of the molecule is CCCNC(CCc1ccncc1)Cc1cncc(Br)c1. The average Bonchev–Trinajstić information content (AvgIpc) is 2.51. The number of aromatic nitrogens is 2. The summed E-state index contributed by atoms with van der Waals surface area (Å²) in [5, 5.41) is 3.65. The lowest BCUT2D eigenvalue weighted by atomic mass is 10.0. The molecule has 0 amide bonds. The van der Waals surface area contributed by atoms with Gasteiger partial charge in [0.25, 0.3) is 0 Å². The monoisotopic (exact) mass is 347 g/mol. The quantitative estimate of drug-likeness (QED) is 0.789. The first-order valence-electron chi connectivity index (χ1n) is 7.49. The first-order valence-corrected chi connectivity index (χ1v) is 8.29. The number of pyridine rings is 2. The van der Waals surface area contributed by atoms with Crippen LogP contribution in [0.2, 0.25) is 0 Å². The fourth-order valence-corrected chi connectivity index (χ4v) is 2.78. The molecule has 1 unspecified atom stereocenters. The molecule has 2 aromatic heterocycles. The van der Waals surface area contributed by atoms with Crippen molar-refractivity contribution >= 4 is 15.9 Å². The van der Waals surface area contributed by atoms with E-state index in [0.29, 0.717) is 6.04 Å². The fraction of sp³-hybridized carbons (Fsp3) is 0.412. The molecule has 2 aromatic rings. The van der Waals surface area contributed by atoms with Gasteiger partial charge in [0.2, 0.25) is 0 Å². The van der Waals surface area contributed by atoms with Crippen LogP contribution in [0.4, 0.5) is 0 Å². The van der Waals surface area contributed by atoms with Crippen LogP contribution in [0.5, 0.6) is 0 Å². The summed E-state index contributed by atoms with van der Waals surface area (Å²) in [5.74, 6) is 0. The predicted molar refractivity (Wildman–Crippen MR) is 90.3 cm³/mol. The van der Waals surface area contributed by atoms with Crippen LogP contribution >= 0.6 is 15.9 Å². The number of hydrogen-bond acceptors (Lipinski definition) is 3. The first kappa shape index (κ1) is 16.1. The molecule has 0 saturated heterocycles. The molecule has 0 aliphatic rings. The molecule has 3 nitrogen and oxygen atoms in total. The highest BCUT2D eigenvalue weighted by atomic mass is 79.9. The molecule has 0 aromatic carbocycles.